The Labute approximate surface area is 176 Å². The second-order valence-corrected chi connectivity index (χ2v) is 7.74. The molecule has 0 unspecified atom stereocenters. The largest absolute Gasteiger partial charge is 0.465 e. The van der Waals surface area contributed by atoms with E-state index in [4.69, 9.17) is 15.2 Å². The molecule has 0 spiro atoms. The number of amides is 2. The van der Waals surface area contributed by atoms with Crippen LogP contribution in [0.15, 0.2) is 48.5 Å². The summed E-state index contributed by atoms with van der Waals surface area (Å²) >= 11 is 0.954. The summed E-state index contributed by atoms with van der Waals surface area (Å²) in [5, 5.41) is 3.03. The van der Waals surface area contributed by atoms with Gasteiger partial charge in [0.15, 0.2) is 0 Å². The lowest BCUT2D eigenvalue weighted by atomic mass is 9.87. The second-order valence-electron chi connectivity index (χ2n) is 6.72. The molecule has 1 aromatic heterocycles. The summed E-state index contributed by atoms with van der Waals surface area (Å²) in [4.78, 5) is 37.7. The first kappa shape index (κ1) is 19.7. The molecule has 7 nitrogen and oxygen atoms in total. The minimum atomic E-state index is -0.676. The minimum Gasteiger partial charge on any atom is -0.465 e. The molecule has 30 heavy (non-hydrogen) atoms. The highest BCUT2D eigenvalue weighted by Crippen LogP contribution is 2.45. The van der Waals surface area contributed by atoms with Crippen LogP contribution in [0, 0.1) is 6.92 Å². The molecule has 2 amide bonds. The summed E-state index contributed by atoms with van der Waals surface area (Å²) in [6, 6.07) is 14.6. The molecule has 2 heterocycles. The average Bonchev–Trinajstić information content (AvgIpc) is 3.07. The van der Waals surface area contributed by atoms with Gasteiger partial charge in [-0.1, -0.05) is 36.4 Å². The fourth-order valence-corrected chi connectivity index (χ4v) is 4.61. The average molecular weight is 422 g/mol. The molecular formula is C22H18N2O5S. The molecule has 2 aromatic carbocycles. The van der Waals surface area contributed by atoms with E-state index < -0.39 is 17.8 Å². The molecule has 0 saturated carbocycles. The lowest BCUT2D eigenvalue weighted by Crippen LogP contribution is -2.25. The lowest BCUT2D eigenvalue weighted by molar-refractivity contribution is -0.116. The van der Waals surface area contributed by atoms with Crippen molar-refractivity contribution >= 4 is 34.1 Å². The molecule has 4 rings (SSSR count). The van der Waals surface area contributed by atoms with Gasteiger partial charge in [-0.05, 0) is 24.6 Å². The number of methoxy groups -OCH3 is 1. The van der Waals surface area contributed by atoms with E-state index in [1.807, 2.05) is 36.4 Å². The van der Waals surface area contributed by atoms with Crippen LogP contribution in [0.2, 0.25) is 0 Å². The van der Waals surface area contributed by atoms with Crippen molar-refractivity contribution in [3.63, 3.8) is 0 Å². The molecule has 0 aliphatic carbocycles. The Morgan fingerprint density at radius 1 is 1.03 bits per heavy atom. The third-order valence-electron chi connectivity index (χ3n) is 4.94. The van der Waals surface area contributed by atoms with Gasteiger partial charge in [-0.2, -0.15) is 0 Å². The summed E-state index contributed by atoms with van der Waals surface area (Å²) in [6.45, 7) is 1.59. The summed E-state index contributed by atoms with van der Waals surface area (Å²) in [6.07, 6.45) is 0. The van der Waals surface area contributed by atoms with Crippen LogP contribution in [0.4, 0.5) is 5.00 Å². The van der Waals surface area contributed by atoms with Crippen LogP contribution in [0.25, 0.3) is 0 Å². The predicted molar refractivity (Wildman–Crippen MR) is 112 cm³/mol. The number of carbonyl (C=O) groups excluding carboxylic acids is 3. The molecule has 1 aliphatic heterocycles. The monoisotopic (exact) mass is 422 g/mol. The number of carbonyl (C=O) groups is 3. The van der Waals surface area contributed by atoms with Crippen molar-refractivity contribution in [2.45, 2.75) is 12.8 Å². The summed E-state index contributed by atoms with van der Waals surface area (Å²) in [5.41, 5.74) is 7.34. The molecule has 3 N–H and O–H groups in total. The van der Waals surface area contributed by atoms with Crippen LogP contribution in [0.3, 0.4) is 0 Å². The minimum absolute atomic E-state index is 0.123. The number of fused-ring (bicyclic) bond motifs is 2. The number of thiophene rings is 1. The summed E-state index contributed by atoms with van der Waals surface area (Å²) in [5.74, 6) is -1.17. The van der Waals surface area contributed by atoms with Gasteiger partial charge in [0.25, 0.3) is 5.91 Å². The van der Waals surface area contributed by atoms with Crippen LogP contribution < -0.4 is 15.8 Å². The van der Waals surface area contributed by atoms with E-state index in [2.05, 4.69) is 5.32 Å². The lowest BCUT2D eigenvalue weighted by Gasteiger charge is -2.27. The third-order valence-corrected chi connectivity index (χ3v) is 6.16. The Bertz CT molecular complexity index is 1140. The van der Waals surface area contributed by atoms with E-state index in [1.165, 1.54) is 7.11 Å². The fourth-order valence-electron chi connectivity index (χ4n) is 3.56. The molecule has 0 fully saturated rings. The Morgan fingerprint density at radius 3 is 2.13 bits per heavy atom. The molecule has 1 aliphatic rings. The van der Waals surface area contributed by atoms with Crippen molar-refractivity contribution in [2.24, 2.45) is 5.73 Å². The standard InChI is InChI=1S/C22H18N2O5S/c1-11-16(22(27)28-2)21(30-18(11)19(23)25)24-20(26)17-12-7-3-5-9-14(12)29-15-10-6-4-8-13(15)17/h3-10,17H,1-2H3,(H2,23,25)(H,24,26). The van der Waals surface area contributed by atoms with E-state index in [-0.39, 0.29) is 21.3 Å². The van der Waals surface area contributed by atoms with Crippen molar-refractivity contribution in [3.05, 3.63) is 75.7 Å². The zero-order valence-corrected chi connectivity index (χ0v) is 17.0. The Hall–Kier alpha value is -3.65. The normalized spacial score (nSPS) is 12.3. The number of benzene rings is 2. The van der Waals surface area contributed by atoms with E-state index >= 15 is 0 Å². The van der Waals surface area contributed by atoms with Gasteiger partial charge in [0.2, 0.25) is 5.91 Å². The molecular weight excluding hydrogens is 404 g/mol. The molecule has 0 saturated heterocycles. The quantitative estimate of drug-likeness (QED) is 0.622. The highest BCUT2D eigenvalue weighted by molar-refractivity contribution is 7.18. The van der Waals surface area contributed by atoms with Gasteiger partial charge >= 0.3 is 5.97 Å². The topological polar surface area (TPSA) is 108 Å². The number of hydrogen-bond donors (Lipinski definition) is 2. The second kappa shape index (κ2) is 7.64. The summed E-state index contributed by atoms with van der Waals surface area (Å²) < 4.78 is 10.8. The number of nitrogens with one attached hydrogen (secondary N) is 1. The molecule has 152 valence electrons. The van der Waals surface area contributed by atoms with E-state index in [9.17, 15) is 14.4 Å². The van der Waals surface area contributed by atoms with Gasteiger partial charge in [0, 0.05) is 11.1 Å². The first-order valence-corrected chi connectivity index (χ1v) is 9.92. The van der Waals surface area contributed by atoms with Crippen molar-refractivity contribution in [2.75, 3.05) is 12.4 Å². The first-order chi connectivity index (χ1) is 14.4. The number of rotatable bonds is 4. The van der Waals surface area contributed by atoms with Gasteiger partial charge in [-0.3, -0.25) is 9.59 Å². The van der Waals surface area contributed by atoms with Crippen LogP contribution in [-0.2, 0) is 9.53 Å². The maximum absolute atomic E-state index is 13.4. The van der Waals surface area contributed by atoms with Crippen molar-refractivity contribution in [1.29, 1.82) is 0 Å². The van der Waals surface area contributed by atoms with Crippen LogP contribution in [-0.4, -0.2) is 24.9 Å². The molecule has 3 aromatic rings. The first-order valence-electron chi connectivity index (χ1n) is 9.10. The fraction of sp³-hybridized carbons (Fsp3) is 0.136. The summed E-state index contributed by atoms with van der Waals surface area (Å²) in [7, 11) is 1.24. The van der Waals surface area contributed by atoms with Crippen LogP contribution in [0.5, 0.6) is 11.5 Å². The van der Waals surface area contributed by atoms with E-state index in [0.717, 1.165) is 11.3 Å². The van der Waals surface area contributed by atoms with Crippen molar-refractivity contribution < 1.29 is 23.9 Å². The van der Waals surface area contributed by atoms with Gasteiger partial charge in [0.1, 0.15) is 16.5 Å². The third kappa shape index (κ3) is 3.21. The molecule has 0 bridgehead atoms. The highest BCUT2D eigenvalue weighted by atomic mass is 32.1. The number of nitrogens with two attached hydrogens (primary N) is 1. The van der Waals surface area contributed by atoms with Crippen LogP contribution in [0.1, 0.15) is 42.6 Å². The molecule has 0 radical (unpaired) electrons. The Kier molecular flexibility index (Phi) is 5.01. The van der Waals surface area contributed by atoms with Gasteiger partial charge in [-0.15, -0.1) is 11.3 Å². The number of anilines is 1. The van der Waals surface area contributed by atoms with Crippen LogP contribution >= 0.6 is 11.3 Å². The van der Waals surface area contributed by atoms with Gasteiger partial charge in [0.05, 0.1) is 23.5 Å². The Balaban J connectivity index is 1.78. The number of hydrogen-bond acceptors (Lipinski definition) is 6. The maximum Gasteiger partial charge on any atom is 0.341 e. The maximum atomic E-state index is 13.4. The number of para-hydroxylation sites is 2. The zero-order chi connectivity index (χ0) is 21.4. The van der Waals surface area contributed by atoms with Gasteiger partial charge in [-0.25, -0.2) is 4.79 Å². The van der Waals surface area contributed by atoms with E-state index in [1.54, 1.807) is 19.1 Å². The zero-order valence-electron chi connectivity index (χ0n) is 16.2. The predicted octanol–water partition coefficient (Wildman–Crippen LogP) is 3.82. The SMILES string of the molecule is COC(=O)c1c(NC(=O)C2c3ccccc3Oc3ccccc32)sc(C(N)=O)c1C. The van der Waals surface area contributed by atoms with Gasteiger partial charge < -0.3 is 20.5 Å². The number of ether oxygens (including phenoxy) is 2. The highest BCUT2D eigenvalue weighted by Gasteiger charge is 2.34. The molecule has 8 heteroatoms. The smallest absolute Gasteiger partial charge is 0.341 e. The van der Waals surface area contributed by atoms with Crippen molar-refractivity contribution in [1.82, 2.24) is 0 Å². The number of esters is 1. The number of primary amides is 1. The Morgan fingerprint density at radius 2 is 1.60 bits per heavy atom. The molecule has 0 atom stereocenters. The van der Waals surface area contributed by atoms with Crippen molar-refractivity contribution in [3.8, 4) is 11.5 Å². The van der Waals surface area contributed by atoms with E-state index in [0.29, 0.717) is 28.2 Å².